The molecule has 1 aliphatic rings. The highest BCUT2D eigenvalue weighted by Gasteiger charge is 2.16. The van der Waals surface area contributed by atoms with E-state index < -0.39 is 0 Å². The SMILES string of the molecule is Cc1c(C#N)c(NCc2cc(O[C@H]3CCNC3)ccn2)nc2ccccc12. The predicted molar refractivity (Wildman–Crippen MR) is 105 cm³/mol. The van der Waals surface area contributed by atoms with E-state index in [1.165, 1.54) is 0 Å². The van der Waals surface area contributed by atoms with Crippen molar-refractivity contribution in [1.29, 1.82) is 5.26 Å². The number of aryl methyl sites for hydroxylation is 1. The largest absolute Gasteiger partial charge is 0.489 e. The van der Waals surface area contributed by atoms with E-state index in [-0.39, 0.29) is 6.10 Å². The average Bonchev–Trinajstić information content (AvgIpc) is 3.20. The molecule has 6 heteroatoms. The molecule has 6 nitrogen and oxygen atoms in total. The standard InChI is InChI=1S/C21H21N5O/c1-14-18-4-2-3-5-20(18)26-21(19(14)11-22)25-12-15-10-16(7-9-24-15)27-17-6-8-23-13-17/h2-5,7,9-10,17,23H,6,8,12-13H2,1H3,(H,25,26)/t17-/m0/s1. The number of rotatable bonds is 5. The summed E-state index contributed by atoms with van der Waals surface area (Å²) in [4.78, 5) is 9.03. The molecule has 2 N–H and O–H groups in total. The van der Waals surface area contributed by atoms with Crippen molar-refractivity contribution in [2.45, 2.75) is 26.0 Å². The molecule has 0 aliphatic carbocycles. The Hall–Kier alpha value is -3.17. The Morgan fingerprint density at radius 3 is 3.04 bits per heavy atom. The van der Waals surface area contributed by atoms with Crippen molar-refractivity contribution in [3.63, 3.8) is 0 Å². The van der Waals surface area contributed by atoms with Gasteiger partial charge in [-0.3, -0.25) is 4.98 Å². The molecule has 0 saturated carbocycles. The van der Waals surface area contributed by atoms with Gasteiger partial charge in [-0.2, -0.15) is 5.26 Å². The third-order valence-corrected chi connectivity index (χ3v) is 4.81. The quantitative estimate of drug-likeness (QED) is 0.728. The number of hydrogen-bond acceptors (Lipinski definition) is 6. The van der Waals surface area contributed by atoms with Crippen LogP contribution in [0.15, 0.2) is 42.6 Å². The smallest absolute Gasteiger partial charge is 0.145 e. The fourth-order valence-corrected chi connectivity index (χ4v) is 3.36. The third kappa shape index (κ3) is 3.69. The molecule has 0 spiro atoms. The van der Waals surface area contributed by atoms with Gasteiger partial charge in [0, 0.05) is 24.2 Å². The van der Waals surface area contributed by atoms with Crippen LogP contribution >= 0.6 is 0 Å². The maximum Gasteiger partial charge on any atom is 0.145 e. The highest BCUT2D eigenvalue weighted by Crippen LogP contribution is 2.25. The van der Waals surface area contributed by atoms with Crippen molar-refractivity contribution in [1.82, 2.24) is 15.3 Å². The van der Waals surface area contributed by atoms with Gasteiger partial charge in [-0.05, 0) is 37.6 Å². The number of nitriles is 1. The topological polar surface area (TPSA) is 82.9 Å². The number of nitrogens with one attached hydrogen (secondary N) is 2. The fourth-order valence-electron chi connectivity index (χ4n) is 3.36. The van der Waals surface area contributed by atoms with E-state index in [4.69, 9.17) is 4.74 Å². The molecule has 0 amide bonds. The van der Waals surface area contributed by atoms with E-state index in [1.54, 1.807) is 6.20 Å². The number of hydrogen-bond donors (Lipinski definition) is 2. The maximum atomic E-state index is 9.59. The van der Waals surface area contributed by atoms with Gasteiger partial charge in [-0.15, -0.1) is 0 Å². The number of para-hydroxylation sites is 1. The third-order valence-electron chi connectivity index (χ3n) is 4.81. The highest BCUT2D eigenvalue weighted by atomic mass is 16.5. The van der Waals surface area contributed by atoms with Gasteiger partial charge < -0.3 is 15.4 Å². The van der Waals surface area contributed by atoms with Gasteiger partial charge >= 0.3 is 0 Å². The van der Waals surface area contributed by atoms with Crippen LogP contribution in [0.4, 0.5) is 5.82 Å². The van der Waals surface area contributed by atoms with Gasteiger partial charge in [0.15, 0.2) is 0 Å². The zero-order chi connectivity index (χ0) is 18.6. The van der Waals surface area contributed by atoms with E-state index in [2.05, 4.69) is 26.7 Å². The first-order chi connectivity index (χ1) is 13.2. The summed E-state index contributed by atoms with van der Waals surface area (Å²) in [5.41, 5.74) is 3.22. The summed E-state index contributed by atoms with van der Waals surface area (Å²) >= 11 is 0. The molecule has 1 saturated heterocycles. The molecule has 0 bridgehead atoms. The number of nitrogens with zero attached hydrogens (tertiary/aromatic N) is 3. The predicted octanol–water partition coefficient (Wildman–Crippen LogP) is 3.16. The van der Waals surface area contributed by atoms with E-state index in [1.807, 2.05) is 43.3 Å². The van der Waals surface area contributed by atoms with Crippen LogP contribution in [0.25, 0.3) is 10.9 Å². The minimum absolute atomic E-state index is 0.211. The zero-order valence-electron chi connectivity index (χ0n) is 15.2. The van der Waals surface area contributed by atoms with Crippen molar-refractivity contribution in [2.24, 2.45) is 0 Å². The minimum atomic E-state index is 0.211. The summed E-state index contributed by atoms with van der Waals surface area (Å²) in [5.74, 6) is 1.40. The molecule has 0 radical (unpaired) electrons. The lowest BCUT2D eigenvalue weighted by atomic mass is 10.0. The first-order valence-electron chi connectivity index (χ1n) is 9.10. The zero-order valence-corrected chi connectivity index (χ0v) is 15.2. The molecule has 136 valence electrons. The van der Waals surface area contributed by atoms with Gasteiger partial charge in [0.2, 0.25) is 0 Å². The van der Waals surface area contributed by atoms with Crippen LogP contribution in [0, 0.1) is 18.3 Å². The van der Waals surface area contributed by atoms with Gasteiger partial charge in [0.25, 0.3) is 0 Å². The molecule has 1 fully saturated rings. The molecular weight excluding hydrogens is 338 g/mol. The fraction of sp³-hybridized carbons (Fsp3) is 0.286. The number of pyridine rings is 2. The van der Waals surface area contributed by atoms with E-state index in [0.29, 0.717) is 17.9 Å². The van der Waals surface area contributed by atoms with Crippen molar-refractivity contribution in [3.05, 3.63) is 59.4 Å². The van der Waals surface area contributed by atoms with Crippen molar-refractivity contribution in [3.8, 4) is 11.8 Å². The van der Waals surface area contributed by atoms with Gasteiger partial charge in [0.1, 0.15) is 23.7 Å². The molecule has 0 unspecified atom stereocenters. The van der Waals surface area contributed by atoms with Crippen molar-refractivity contribution < 1.29 is 4.74 Å². The average molecular weight is 359 g/mol. The number of ether oxygens (including phenoxy) is 1. The monoisotopic (exact) mass is 359 g/mol. The van der Waals surface area contributed by atoms with Gasteiger partial charge in [-0.1, -0.05) is 18.2 Å². The lowest BCUT2D eigenvalue weighted by Crippen LogP contribution is -2.19. The second kappa shape index (κ2) is 7.60. The Kier molecular flexibility index (Phi) is 4.86. The number of benzene rings is 1. The summed E-state index contributed by atoms with van der Waals surface area (Å²) in [7, 11) is 0. The Bertz CT molecular complexity index is 1010. The first-order valence-corrected chi connectivity index (χ1v) is 9.10. The number of aromatic nitrogens is 2. The van der Waals surface area contributed by atoms with Crippen LogP contribution in [0.1, 0.15) is 23.2 Å². The molecule has 1 atom stereocenters. The molecule has 1 aliphatic heterocycles. The van der Waals surface area contributed by atoms with Crippen LogP contribution in [-0.4, -0.2) is 29.2 Å². The summed E-state index contributed by atoms with van der Waals surface area (Å²) < 4.78 is 5.99. The molecule has 4 rings (SSSR count). The van der Waals surface area contributed by atoms with Gasteiger partial charge in [0.05, 0.1) is 23.3 Å². The lowest BCUT2D eigenvalue weighted by molar-refractivity contribution is 0.222. The van der Waals surface area contributed by atoms with Crippen LogP contribution in [0.3, 0.4) is 0 Å². The molecule has 3 heterocycles. The van der Waals surface area contributed by atoms with Crippen LogP contribution in [0.5, 0.6) is 5.75 Å². The minimum Gasteiger partial charge on any atom is -0.489 e. The van der Waals surface area contributed by atoms with Crippen LogP contribution < -0.4 is 15.4 Å². The first kappa shape index (κ1) is 17.3. The Morgan fingerprint density at radius 1 is 1.33 bits per heavy atom. The lowest BCUT2D eigenvalue weighted by Gasteiger charge is -2.14. The van der Waals surface area contributed by atoms with Crippen molar-refractivity contribution >= 4 is 16.7 Å². The second-order valence-corrected chi connectivity index (χ2v) is 6.66. The molecule has 2 aromatic heterocycles. The second-order valence-electron chi connectivity index (χ2n) is 6.66. The van der Waals surface area contributed by atoms with E-state index in [9.17, 15) is 5.26 Å². The summed E-state index contributed by atoms with van der Waals surface area (Å²) in [6.07, 6.45) is 2.98. The summed E-state index contributed by atoms with van der Waals surface area (Å²) in [6.45, 7) is 4.30. The van der Waals surface area contributed by atoms with E-state index >= 15 is 0 Å². The molecule has 3 aromatic rings. The van der Waals surface area contributed by atoms with Crippen LogP contribution in [-0.2, 0) is 6.54 Å². The van der Waals surface area contributed by atoms with Gasteiger partial charge in [-0.25, -0.2) is 4.98 Å². The maximum absolute atomic E-state index is 9.59. The molecular formula is C21H21N5O. The van der Waals surface area contributed by atoms with Crippen LogP contribution in [0.2, 0.25) is 0 Å². The highest BCUT2D eigenvalue weighted by molar-refractivity contribution is 5.86. The number of anilines is 1. The normalized spacial score (nSPS) is 16.2. The Balaban J connectivity index is 1.54. The van der Waals surface area contributed by atoms with Crippen molar-refractivity contribution in [2.75, 3.05) is 18.4 Å². The summed E-state index contributed by atoms with van der Waals surface area (Å²) in [5, 5.41) is 17.2. The number of fused-ring (bicyclic) bond motifs is 1. The van der Waals surface area contributed by atoms with E-state index in [0.717, 1.165) is 47.4 Å². The Morgan fingerprint density at radius 2 is 2.22 bits per heavy atom. The summed E-state index contributed by atoms with van der Waals surface area (Å²) in [6, 6.07) is 13.9. The Labute approximate surface area is 158 Å². The molecule has 1 aromatic carbocycles. The molecule has 27 heavy (non-hydrogen) atoms.